The fourth-order valence-corrected chi connectivity index (χ4v) is 4.95. The van der Waals surface area contributed by atoms with Gasteiger partial charge in [0, 0.05) is 25.2 Å². The molecule has 3 rings (SSSR count). The molecule has 8 nitrogen and oxygen atoms in total. The quantitative estimate of drug-likeness (QED) is 0.501. The summed E-state index contributed by atoms with van der Waals surface area (Å²) in [5, 5.41) is 9.07. The Morgan fingerprint density at radius 3 is 2.62 bits per heavy atom. The number of hydrogen-bond acceptors (Lipinski definition) is 7. The summed E-state index contributed by atoms with van der Waals surface area (Å²) in [6, 6.07) is 5.83. The summed E-state index contributed by atoms with van der Waals surface area (Å²) in [5.41, 5.74) is 0.242. The zero-order valence-corrected chi connectivity index (χ0v) is 17.5. The Balaban J connectivity index is 1.90. The van der Waals surface area contributed by atoms with Crippen molar-refractivity contribution in [3.63, 3.8) is 0 Å². The van der Waals surface area contributed by atoms with Gasteiger partial charge in [-0.15, -0.1) is 0 Å². The molecule has 1 aromatic heterocycles. The summed E-state index contributed by atoms with van der Waals surface area (Å²) in [4.78, 5) is 12.5. The topological polar surface area (TPSA) is 110 Å². The minimum Gasteiger partial charge on any atom is -0.490 e. The Morgan fingerprint density at radius 2 is 2.00 bits per heavy atom. The van der Waals surface area contributed by atoms with Crippen molar-refractivity contribution < 1.29 is 27.1 Å². The molecule has 0 aliphatic carbocycles. The Kier molecular flexibility index (Phi) is 6.17. The molecular formula is C19H19ClN2O6S. The van der Waals surface area contributed by atoms with Crippen molar-refractivity contribution in [3.8, 4) is 17.6 Å². The summed E-state index contributed by atoms with van der Waals surface area (Å²) in [6.07, 6.45) is 1.59. The van der Waals surface area contributed by atoms with Crippen LogP contribution in [0.25, 0.3) is 0 Å². The number of benzene rings is 1. The highest BCUT2D eigenvalue weighted by Gasteiger charge is 2.32. The van der Waals surface area contributed by atoms with Crippen LogP contribution in [0, 0.1) is 18.3 Å². The lowest BCUT2D eigenvalue weighted by molar-refractivity contribution is 0.0693. The third-order valence-corrected chi connectivity index (χ3v) is 6.68. The minimum atomic E-state index is -3.74. The molecule has 1 aliphatic heterocycles. The molecule has 0 unspecified atom stereocenters. The van der Waals surface area contributed by atoms with Gasteiger partial charge in [0.2, 0.25) is 15.8 Å². The van der Waals surface area contributed by atoms with E-state index in [-0.39, 0.29) is 45.1 Å². The van der Waals surface area contributed by atoms with Crippen LogP contribution in [-0.4, -0.2) is 38.4 Å². The van der Waals surface area contributed by atoms with Gasteiger partial charge in [0.05, 0.1) is 23.3 Å². The Hall–Kier alpha value is -2.54. The number of rotatable bonds is 6. The standard InChI is InChI=1S/C19H19ClN2O6S/c1-3-26-15-9-13(11-21)8-14(20)18(15)28-19(23)16-10-17(12(2)27-16)29(24,25)22-6-4-5-7-22/h8-10H,3-7H2,1-2H3. The number of carbonyl (C=O) groups is 1. The van der Waals surface area contributed by atoms with E-state index >= 15 is 0 Å². The number of sulfonamides is 1. The van der Waals surface area contributed by atoms with E-state index in [1.807, 2.05) is 6.07 Å². The van der Waals surface area contributed by atoms with Crippen molar-refractivity contribution in [2.24, 2.45) is 0 Å². The Labute approximate surface area is 173 Å². The molecule has 1 fully saturated rings. The van der Waals surface area contributed by atoms with E-state index in [0.717, 1.165) is 18.9 Å². The van der Waals surface area contributed by atoms with Crippen molar-refractivity contribution in [2.75, 3.05) is 19.7 Å². The third-order valence-electron chi connectivity index (χ3n) is 4.39. The lowest BCUT2D eigenvalue weighted by atomic mass is 10.2. The van der Waals surface area contributed by atoms with Gasteiger partial charge in [0.15, 0.2) is 11.5 Å². The van der Waals surface area contributed by atoms with Crippen LogP contribution >= 0.6 is 11.6 Å². The predicted octanol–water partition coefficient (Wildman–Crippen LogP) is 3.52. The molecule has 0 radical (unpaired) electrons. The normalized spacial score (nSPS) is 14.6. The molecule has 1 saturated heterocycles. The van der Waals surface area contributed by atoms with Gasteiger partial charge in [-0.2, -0.15) is 9.57 Å². The van der Waals surface area contributed by atoms with E-state index in [9.17, 15) is 13.2 Å². The second kappa shape index (κ2) is 8.45. The summed E-state index contributed by atoms with van der Waals surface area (Å²) >= 11 is 6.13. The molecule has 0 atom stereocenters. The number of nitriles is 1. The van der Waals surface area contributed by atoms with Crippen LogP contribution in [0.3, 0.4) is 0 Å². The first-order chi connectivity index (χ1) is 13.8. The highest BCUT2D eigenvalue weighted by Crippen LogP contribution is 2.37. The van der Waals surface area contributed by atoms with E-state index in [0.29, 0.717) is 13.1 Å². The van der Waals surface area contributed by atoms with Gasteiger partial charge >= 0.3 is 5.97 Å². The van der Waals surface area contributed by atoms with Crippen molar-refractivity contribution in [2.45, 2.75) is 31.6 Å². The molecule has 1 aromatic carbocycles. The Bertz CT molecular complexity index is 1080. The largest absolute Gasteiger partial charge is 0.490 e. The SMILES string of the molecule is CCOc1cc(C#N)cc(Cl)c1OC(=O)c1cc(S(=O)(=O)N2CCCC2)c(C)o1. The average Bonchev–Trinajstić information content (AvgIpc) is 3.34. The lowest BCUT2D eigenvalue weighted by Gasteiger charge is -2.14. The van der Waals surface area contributed by atoms with Gasteiger partial charge < -0.3 is 13.9 Å². The van der Waals surface area contributed by atoms with Crippen LogP contribution in [0.5, 0.6) is 11.5 Å². The van der Waals surface area contributed by atoms with Gasteiger partial charge in [-0.25, -0.2) is 13.2 Å². The maximum atomic E-state index is 12.8. The van der Waals surface area contributed by atoms with Crippen molar-refractivity contribution in [3.05, 3.63) is 40.3 Å². The average molecular weight is 439 g/mol. The summed E-state index contributed by atoms with van der Waals surface area (Å²) < 4.78 is 43.0. The maximum Gasteiger partial charge on any atom is 0.379 e. The molecular weight excluding hydrogens is 420 g/mol. The highest BCUT2D eigenvalue weighted by atomic mass is 35.5. The zero-order valence-electron chi connectivity index (χ0n) is 15.9. The fourth-order valence-electron chi connectivity index (χ4n) is 3.03. The van der Waals surface area contributed by atoms with Crippen LogP contribution in [-0.2, 0) is 10.0 Å². The second-order valence-corrected chi connectivity index (χ2v) is 8.68. The minimum absolute atomic E-state index is 0.00837. The van der Waals surface area contributed by atoms with E-state index in [1.54, 1.807) is 6.92 Å². The molecule has 0 bridgehead atoms. The number of nitrogens with zero attached hydrogens (tertiary/aromatic N) is 2. The van der Waals surface area contributed by atoms with Crippen LogP contribution in [0.2, 0.25) is 5.02 Å². The van der Waals surface area contributed by atoms with Crippen LogP contribution < -0.4 is 9.47 Å². The van der Waals surface area contributed by atoms with Gasteiger partial charge in [0.25, 0.3) is 0 Å². The highest BCUT2D eigenvalue weighted by molar-refractivity contribution is 7.89. The summed E-state index contributed by atoms with van der Waals surface area (Å²) in [7, 11) is -3.74. The van der Waals surface area contributed by atoms with Crippen molar-refractivity contribution in [1.29, 1.82) is 5.26 Å². The molecule has 0 saturated carbocycles. The number of carbonyl (C=O) groups excluding carboxylic acids is 1. The number of aryl methyl sites for hydroxylation is 1. The number of halogens is 1. The van der Waals surface area contributed by atoms with E-state index in [4.69, 9.17) is 30.8 Å². The molecule has 1 aliphatic rings. The number of esters is 1. The van der Waals surface area contributed by atoms with Crippen LogP contribution in [0.1, 0.15) is 41.6 Å². The molecule has 2 aromatic rings. The van der Waals surface area contributed by atoms with Crippen LogP contribution in [0.15, 0.2) is 27.5 Å². The number of hydrogen-bond donors (Lipinski definition) is 0. The van der Waals surface area contributed by atoms with Crippen LogP contribution in [0.4, 0.5) is 0 Å². The van der Waals surface area contributed by atoms with Gasteiger partial charge in [-0.05, 0) is 32.8 Å². The first-order valence-corrected chi connectivity index (χ1v) is 10.8. The molecule has 0 amide bonds. The molecule has 10 heteroatoms. The van der Waals surface area contributed by atoms with Crippen molar-refractivity contribution >= 4 is 27.6 Å². The molecule has 0 spiro atoms. The molecule has 29 heavy (non-hydrogen) atoms. The first kappa shape index (κ1) is 21.2. The molecule has 0 N–H and O–H groups in total. The molecule has 2 heterocycles. The smallest absolute Gasteiger partial charge is 0.379 e. The number of furan rings is 1. The summed E-state index contributed by atoms with van der Waals surface area (Å²) in [6.45, 7) is 4.33. The van der Waals surface area contributed by atoms with E-state index < -0.39 is 16.0 Å². The predicted molar refractivity (Wildman–Crippen MR) is 104 cm³/mol. The molecule has 154 valence electrons. The van der Waals surface area contributed by atoms with Gasteiger partial charge in [0.1, 0.15) is 10.7 Å². The van der Waals surface area contributed by atoms with E-state index in [1.165, 1.54) is 23.4 Å². The van der Waals surface area contributed by atoms with E-state index in [2.05, 4.69) is 0 Å². The first-order valence-electron chi connectivity index (χ1n) is 8.97. The van der Waals surface area contributed by atoms with Crippen molar-refractivity contribution in [1.82, 2.24) is 4.31 Å². The Morgan fingerprint density at radius 1 is 1.31 bits per heavy atom. The monoisotopic (exact) mass is 438 g/mol. The second-order valence-electron chi connectivity index (χ2n) is 6.36. The maximum absolute atomic E-state index is 12.8. The lowest BCUT2D eigenvalue weighted by Crippen LogP contribution is -2.28. The van der Waals surface area contributed by atoms with Gasteiger partial charge in [-0.3, -0.25) is 0 Å². The third kappa shape index (κ3) is 4.24. The summed E-state index contributed by atoms with van der Waals surface area (Å²) in [5.74, 6) is -1.06. The van der Waals surface area contributed by atoms with Gasteiger partial charge in [-0.1, -0.05) is 11.6 Å². The zero-order chi connectivity index (χ0) is 21.2. The number of ether oxygens (including phenoxy) is 2. The fraction of sp³-hybridized carbons (Fsp3) is 0.368.